The van der Waals surface area contributed by atoms with E-state index in [1.807, 2.05) is 62.7 Å². The van der Waals surface area contributed by atoms with E-state index in [1.165, 1.54) is 0 Å². The maximum Gasteiger partial charge on any atom is 0.319 e. The van der Waals surface area contributed by atoms with E-state index in [1.54, 1.807) is 12.4 Å². The van der Waals surface area contributed by atoms with Gasteiger partial charge in [-0.3, -0.25) is 4.79 Å². The average Bonchev–Trinajstić information content (AvgIpc) is 3.15. The zero-order valence-electron chi connectivity index (χ0n) is 17.8. The van der Waals surface area contributed by atoms with E-state index in [2.05, 4.69) is 26.0 Å². The Hall–Kier alpha value is -3.42. The van der Waals surface area contributed by atoms with Crippen LogP contribution in [0, 0.1) is 5.92 Å². The van der Waals surface area contributed by atoms with Crippen LogP contribution in [-0.4, -0.2) is 26.7 Å². The van der Waals surface area contributed by atoms with Crippen LogP contribution in [0.5, 0.6) is 0 Å². The Morgan fingerprint density at radius 3 is 2.60 bits per heavy atom. The van der Waals surface area contributed by atoms with Crippen molar-refractivity contribution in [3.63, 3.8) is 0 Å². The molecule has 1 atom stereocenters. The Labute approximate surface area is 176 Å². The van der Waals surface area contributed by atoms with Gasteiger partial charge < -0.3 is 16.0 Å². The fourth-order valence-corrected chi connectivity index (χ4v) is 2.95. The zero-order chi connectivity index (χ0) is 21.7. The summed E-state index contributed by atoms with van der Waals surface area (Å²) in [5.41, 5.74) is 2.99. The second kappa shape index (κ2) is 9.39. The molecule has 3 N–H and O–H groups in total. The summed E-state index contributed by atoms with van der Waals surface area (Å²) < 4.78 is 1.84. The molecule has 0 unspecified atom stereocenters. The standard InChI is InChI=1S/C22H28N6O2/c1-5-15(4)21(29)26-18-8-6-7-16(9-18)11-24-22(30)27-19-10-17-12-25-28(14(2)3)20(17)23-13-19/h6-10,12-15H,5,11H2,1-4H3,(H,26,29)(H2,24,27,30)/t15-/m1/s1. The third kappa shape index (κ3) is 5.14. The van der Waals surface area contributed by atoms with Gasteiger partial charge in [0.05, 0.1) is 18.1 Å². The lowest BCUT2D eigenvalue weighted by Crippen LogP contribution is -2.28. The van der Waals surface area contributed by atoms with Gasteiger partial charge in [-0.1, -0.05) is 26.0 Å². The van der Waals surface area contributed by atoms with E-state index in [-0.39, 0.29) is 23.9 Å². The van der Waals surface area contributed by atoms with Gasteiger partial charge in [-0.05, 0) is 44.0 Å². The highest BCUT2D eigenvalue weighted by atomic mass is 16.2. The van der Waals surface area contributed by atoms with Crippen molar-refractivity contribution in [2.45, 2.75) is 46.7 Å². The number of nitrogens with one attached hydrogen (secondary N) is 3. The minimum Gasteiger partial charge on any atom is -0.334 e. The van der Waals surface area contributed by atoms with E-state index in [0.29, 0.717) is 12.2 Å². The second-order valence-electron chi connectivity index (χ2n) is 7.63. The Morgan fingerprint density at radius 2 is 1.87 bits per heavy atom. The van der Waals surface area contributed by atoms with Crippen molar-refractivity contribution in [3.8, 4) is 0 Å². The van der Waals surface area contributed by atoms with Crippen LogP contribution in [0.1, 0.15) is 45.7 Å². The molecule has 8 heteroatoms. The van der Waals surface area contributed by atoms with Crippen molar-refractivity contribution in [2.24, 2.45) is 5.92 Å². The minimum atomic E-state index is -0.332. The third-order valence-corrected chi connectivity index (χ3v) is 4.89. The predicted octanol–water partition coefficient (Wildman–Crippen LogP) is 4.32. The van der Waals surface area contributed by atoms with Crippen LogP contribution in [-0.2, 0) is 11.3 Å². The summed E-state index contributed by atoms with van der Waals surface area (Å²) in [4.78, 5) is 28.8. The molecule has 0 bridgehead atoms. The third-order valence-electron chi connectivity index (χ3n) is 4.89. The molecule has 0 aliphatic heterocycles. The predicted molar refractivity (Wildman–Crippen MR) is 118 cm³/mol. The largest absolute Gasteiger partial charge is 0.334 e. The zero-order valence-corrected chi connectivity index (χ0v) is 17.8. The summed E-state index contributed by atoms with van der Waals surface area (Å²) in [6, 6.07) is 9.16. The Balaban J connectivity index is 1.57. The van der Waals surface area contributed by atoms with Crippen LogP contribution < -0.4 is 16.0 Å². The van der Waals surface area contributed by atoms with Gasteiger partial charge in [0.2, 0.25) is 5.91 Å². The number of aromatic nitrogens is 3. The number of benzene rings is 1. The van der Waals surface area contributed by atoms with E-state index in [9.17, 15) is 9.59 Å². The molecule has 3 amide bonds. The lowest BCUT2D eigenvalue weighted by atomic mass is 10.1. The van der Waals surface area contributed by atoms with Gasteiger partial charge in [-0.25, -0.2) is 14.5 Å². The molecule has 8 nitrogen and oxygen atoms in total. The number of rotatable bonds is 7. The highest BCUT2D eigenvalue weighted by molar-refractivity contribution is 5.93. The SMILES string of the molecule is CC[C@@H](C)C(=O)Nc1cccc(CNC(=O)Nc2cnc3c(cnn3C(C)C)c2)c1. The number of amides is 3. The summed E-state index contributed by atoms with van der Waals surface area (Å²) in [6.45, 7) is 8.29. The van der Waals surface area contributed by atoms with Crippen LogP contribution in [0.25, 0.3) is 11.0 Å². The number of pyridine rings is 1. The summed E-state index contributed by atoms with van der Waals surface area (Å²) in [5, 5.41) is 13.7. The van der Waals surface area contributed by atoms with Gasteiger partial charge in [0, 0.05) is 29.6 Å². The molecule has 2 aromatic heterocycles. The molecule has 0 spiro atoms. The van der Waals surface area contributed by atoms with Gasteiger partial charge in [-0.2, -0.15) is 5.10 Å². The van der Waals surface area contributed by atoms with Gasteiger partial charge in [0.15, 0.2) is 5.65 Å². The molecule has 3 rings (SSSR count). The molecule has 0 aliphatic rings. The molecule has 0 fully saturated rings. The Bertz CT molecular complexity index is 1040. The molecule has 0 radical (unpaired) electrons. The van der Waals surface area contributed by atoms with E-state index >= 15 is 0 Å². The molecular formula is C22H28N6O2. The molecule has 0 saturated carbocycles. The van der Waals surface area contributed by atoms with Crippen molar-refractivity contribution >= 4 is 34.3 Å². The fraction of sp³-hybridized carbons (Fsp3) is 0.364. The van der Waals surface area contributed by atoms with Gasteiger partial charge in [0.1, 0.15) is 0 Å². The first-order chi connectivity index (χ1) is 14.4. The summed E-state index contributed by atoms with van der Waals surface area (Å²) in [5.74, 6) is -0.0554. The number of urea groups is 1. The van der Waals surface area contributed by atoms with Crippen LogP contribution in [0.15, 0.2) is 42.7 Å². The van der Waals surface area contributed by atoms with Crippen LogP contribution in [0.2, 0.25) is 0 Å². The number of hydrogen-bond acceptors (Lipinski definition) is 4. The number of hydrogen-bond donors (Lipinski definition) is 3. The summed E-state index contributed by atoms with van der Waals surface area (Å²) in [7, 11) is 0. The maximum atomic E-state index is 12.3. The van der Waals surface area contributed by atoms with E-state index in [0.717, 1.165) is 28.7 Å². The molecule has 158 valence electrons. The maximum absolute atomic E-state index is 12.3. The first-order valence-electron chi connectivity index (χ1n) is 10.1. The topological polar surface area (TPSA) is 101 Å². The van der Waals surface area contributed by atoms with Gasteiger partial charge in [0.25, 0.3) is 0 Å². The van der Waals surface area contributed by atoms with Crippen molar-refractivity contribution in [3.05, 3.63) is 48.3 Å². The minimum absolute atomic E-state index is 0.0102. The van der Waals surface area contributed by atoms with Crippen molar-refractivity contribution in [1.82, 2.24) is 20.1 Å². The average molecular weight is 409 g/mol. The normalized spacial score (nSPS) is 12.0. The molecule has 30 heavy (non-hydrogen) atoms. The first-order valence-corrected chi connectivity index (χ1v) is 10.1. The molecule has 2 heterocycles. The quantitative estimate of drug-likeness (QED) is 0.542. The molecule has 1 aromatic carbocycles. The van der Waals surface area contributed by atoms with Gasteiger partial charge >= 0.3 is 6.03 Å². The summed E-state index contributed by atoms with van der Waals surface area (Å²) >= 11 is 0. The number of carbonyl (C=O) groups is 2. The van der Waals surface area contributed by atoms with Crippen molar-refractivity contribution < 1.29 is 9.59 Å². The van der Waals surface area contributed by atoms with Crippen LogP contribution in [0.4, 0.5) is 16.2 Å². The number of nitrogens with zero attached hydrogens (tertiary/aromatic N) is 3. The monoisotopic (exact) mass is 408 g/mol. The van der Waals surface area contributed by atoms with Crippen molar-refractivity contribution in [2.75, 3.05) is 10.6 Å². The Kier molecular flexibility index (Phi) is 6.66. The number of carbonyl (C=O) groups excluding carboxylic acids is 2. The first kappa shape index (κ1) is 21.3. The number of fused-ring (bicyclic) bond motifs is 1. The molecule has 0 saturated heterocycles. The smallest absolute Gasteiger partial charge is 0.319 e. The highest BCUT2D eigenvalue weighted by Crippen LogP contribution is 2.19. The number of anilines is 2. The van der Waals surface area contributed by atoms with E-state index in [4.69, 9.17) is 0 Å². The Morgan fingerprint density at radius 1 is 1.07 bits per heavy atom. The van der Waals surface area contributed by atoms with Crippen LogP contribution in [0.3, 0.4) is 0 Å². The van der Waals surface area contributed by atoms with Crippen LogP contribution >= 0.6 is 0 Å². The molecule has 0 aliphatic carbocycles. The van der Waals surface area contributed by atoms with Crippen molar-refractivity contribution in [1.29, 1.82) is 0 Å². The summed E-state index contributed by atoms with van der Waals surface area (Å²) in [6.07, 6.45) is 4.14. The van der Waals surface area contributed by atoms with E-state index < -0.39 is 0 Å². The lowest BCUT2D eigenvalue weighted by molar-refractivity contribution is -0.119. The second-order valence-corrected chi connectivity index (χ2v) is 7.63. The highest BCUT2D eigenvalue weighted by Gasteiger charge is 2.11. The fourth-order valence-electron chi connectivity index (χ4n) is 2.95. The molecular weight excluding hydrogens is 380 g/mol. The molecule has 3 aromatic rings. The van der Waals surface area contributed by atoms with Gasteiger partial charge in [-0.15, -0.1) is 0 Å². The lowest BCUT2D eigenvalue weighted by Gasteiger charge is -2.12.